The van der Waals surface area contributed by atoms with Gasteiger partial charge in [-0.15, -0.1) is 11.3 Å². The van der Waals surface area contributed by atoms with Crippen molar-refractivity contribution in [2.24, 2.45) is 10.8 Å². The van der Waals surface area contributed by atoms with Gasteiger partial charge in [-0.2, -0.15) is 5.10 Å². The quantitative estimate of drug-likeness (QED) is 0.242. The number of anilines is 2. The maximum atomic E-state index is 12.3. The summed E-state index contributed by atoms with van der Waals surface area (Å²) < 4.78 is 26.9. The van der Waals surface area contributed by atoms with Gasteiger partial charge in [0.1, 0.15) is 5.71 Å². The molecule has 1 amide bonds. The van der Waals surface area contributed by atoms with E-state index in [1.165, 1.54) is 30.5 Å². The number of aromatic nitrogens is 1. The van der Waals surface area contributed by atoms with Gasteiger partial charge in [0.05, 0.1) is 10.6 Å². The molecular weight excluding hydrogens is 406 g/mol. The van der Waals surface area contributed by atoms with Crippen molar-refractivity contribution in [3.05, 3.63) is 35.8 Å². The number of amides is 1. The van der Waals surface area contributed by atoms with E-state index < -0.39 is 21.9 Å². The number of benzene rings is 1. The number of nitrogens with zero attached hydrogens (tertiary/aromatic N) is 2. The van der Waals surface area contributed by atoms with Crippen molar-refractivity contribution < 1.29 is 23.1 Å². The predicted molar refractivity (Wildman–Crippen MR) is 106 cm³/mol. The lowest BCUT2D eigenvalue weighted by Crippen LogP contribution is -2.24. The third kappa shape index (κ3) is 6.63. The first kappa shape index (κ1) is 21.3. The maximum absolute atomic E-state index is 12.3. The van der Waals surface area contributed by atoms with E-state index >= 15 is 0 Å². The number of primary amides is 1. The number of hydrazone groups is 1. The summed E-state index contributed by atoms with van der Waals surface area (Å²) in [6.07, 6.45) is 2.59. The van der Waals surface area contributed by atoms with E-state index in [-0.39, 0.29) is 28.6 Å². The van der Waals surface area contributed by atoms with Crippen molar-refractivity contribution in [3.63, 3.8) is 0 Å². The van der Waals surface area contributed by atoms with Crippen molar-refractivity contribution in [3.8, 4) is 0 Å². The average molecular weight is 425 g/mol. The predicted octanol–water partition coefficient (Wildman–Crippen LogP) is 1.84. The summed E-state index contributed by atoms with van der Waals surface area (Å²) in [5.41, 5.74) is 8.45. The fourth-order valence-corrected chi connectivity index (χ4v) is 3.88. The van der Waals surface area contributed by atoms with Crippen molar-refractivity contribution in [1.29, 1.82) is 0 Å². The standard InChI is InChI=1S/C16H19N5O5S2/c17-15(24)13(3-1-2-4-14(22)23)20-19-11-5-7-12(8-6-11)28(25,26)21-16-18-9-10-27-16/h5-10,19H,1-4H2,(H2,17,24)(H,18,21)(H,22,23)/b20-13-. The van der Waals surface area contributed by atoms with E-state index in [2.05, 4.69) is 20.2 Å². The fourth-order valence-electron chi connectivity index (χ4n) is 2.09. The molecule has 0 aliphatic heterocycles. The number of nitrogens with one attached hydrogen (secondary N) is 2. The Bertz CT molecular complexity index is 940. The van der Waals surface area contributed by atoms with Gasteiger partial charge < -0.3 is 10.8 Å². The van der Waals surface area contributed by atoms with Crippen LogP contribution in [0.4, 0.5) is 10.8 Å². The summed E-state index contributed by atoms with van der Waals surface area (Å²) in [6.45, 7) is 0. The lowest BCUT2D eigenvalue weighted by atomic mass is 10.1. The van der Waals surface area contributed by atoms with Gasteiger partial charge in [0.25, 0.3) is 15.9 Å². The van der Waals surface area contributed by atoms with Crippen LogP contribution in [0.25, 0.3) is 0 Å². The Morgan fingerprint density at radius 1 is 1.18 bits per heavy atom. The molecule has 0 aliphatic rings. The third-order valence-electron chi connectivity index (χ3n) is 3.48. The lowest BCUT2D eigenvalue weighted by molar-refractivity contribution is -0.137. The number of nitrogens with two attached hydrogens (primary N) is 1. The van der Waals surface area contributed by atoms with Gasteiger partial charge in [-0.1, -0.05) is 0 Å². The van der Waals surface area contributed by atoms with Gasteiger partial charge in [0.2, 0.25) is 0 Å². The van der Waals surface area contributed by atoms with Gasteiger partial charge in [0, 0.05) is 18.0 Å². The number of sulfonamides is 1. The van der Waals surface area contributed by atoms with Crippen LogP contribution < -0.4 is 15.9 Å². The fraction of sp³-hybridized carbons (Fsp3) is 0.250. The van der Waals surface area contributed by atoms with E-state index in [0.29, 0.717) is 18.5 Å². The highest BCUT2D eigenvalue weighted by Crippen LogP contribution is 2.19. The van der Waals surface area contributed by atoms with Gasteiger partial charge in [-0.3, -0.25) is 19.7 Å². The number of hydrogen-bond donors (Lipinski definition) is 4. The molecule has 0 radical (unpaired) electrons. The van der Waals surface area contributed by atoms with Crippen LogP contribution in [-0.4, -0.2) is 36.1 Å². The highest BCUT2D eigenvalue weighted by molar-refractivity contribution is 7.93. The van der Waals surface area contributed by atoms with Crippen molar-refractivity contribution in [2.75, 3.05) is 10.1 Å². The van der Waals surface area contributed by atoms with E-state index in [1.54, 1.807) is 5.38 Å². The Morgan fingerprint density at radius 3 is 2.43 bits per heavy atom. The molecule has 0 unspecified atom stereocenters. The first-order valence-corrected chi connectivity index (χ1v) is 10.5. The van der Waals surface area contributed by atoms with Gasteiger partial charge in [-0.05, 0) is 43.5 Å². The highest BCUT2D eigenvalue weighted by atomic mass is 32.2. The zero-order valence-electron chi connectivity index (χ0n) is 14.7. The molecule has 0 spiro atoms. The minimum absolute atomic E-state index is 0.00440. The number of carbonyl (C=O) groups is 2. The monoisotopic (exact) mass is 425 g/mol. The number of rotatable bonds is 11. The molecule has 1 heterocycles. The van der Waals surface area contributed by atoms with Crippen molar-refractivity contribution in [1.82, 2.24) is 4.98 Å². The third-order valence-corrected chi connectivity index (χ3v) is 5.65. The number of carboxylic acids is 1. The lowest BCUT2D eigenvalue weighted by Gasteiger charge is -2.07. The normalized spacial score (nSPS) is 11.8. The van der Waals surface area contributed by atoms with Crippen LogP contribution in [0.15, 0.2) is 45.8 Å². The van der Waals surface area contributed by atoms with Crippen LogP contribution in [0.2, 0.25) is 0 Å². The Balaban J connectivity index is 1.98. The molecule has 10 nitrogen and oxygen atoms in total. The summed E-state index contributed by atoms with van der Waals surface area (Å²) in [4.78, 5) is 25.8. The SMILES string of the molecule is NC(=O)/C(CCCCC(=O)O)=N\Nc1ccc(S(=O)(=O)Nc2nccs2)cc1. The maximum Gasteiger partial charge on any atom is 0.303 e. The van der Waals surface area contributed by atoms with Crippen LogP contribution >= 0.6 is 11.3 Å². The summed E-state index contributed by atoms with van der Waals surface area (Å²) >= 11 is 1.16. The molecule has 150 valence electrons. The number of hydrogen-bond acceptors (Lipinski definition) is 8. The van der Waals surface area contributed by atoms with E-state index in [4.69, 9.17) is 10.8 Å². The molecule has 0 bridgehead atoms. The summed E-state index contributed by atoms with van der Waals surface area (Å²) in [6, 6.07) is 5.74. The molecule has 0 fully saturated rings. The Hall–Kier alpha value is -2.99. The highest BCUT2D eigenvalue weighted by Gasteiger charge is 2.15. The summed E-state index contributed by atoms with van der Waals surface area (Å²) in [7, 11) is -3.75. The van der Waals surface area contributed by atoms with Crippen LogP contribution in [0.1, 0.15) is 25.7 Å². The number of carboxylic acid groups (broad SMARTS) is 1. The molecule has 0 saturated heterocycles. The topological polar surface area (TPSA) is 164 Å². The minimum atomic E-state index is -3.75. The Morgan fingerprint density at radius 2 is 1.86 bits per heavy atom. The zero-order chi connectivity index (χ0) is 20.6. The summed E-state index contributed by atoms with van der Waals surface area (Å²) in [5, 5.41) is 14.5. The Kier molecular flexibility index (Phi) is 7.46. The van der Waals surface area contributed by atoms with E-state index in [9.17, 15) is 18.0 Å². The van der Waals surface area contributed by atoms with Crippen molar-refractivity contribution >= 4 is 49.8 Å². The Labute approximate surface area is 165 Å². The zero-order valence-corrected chi connectivity index (χ0v) is 16.3. The molecule has 28 heavy (non-hydrogen) atoms. The van der Waals surface area contributed by atoms with E-state index in [1.807, 2.05) is 0 Å². The molecule has 2 aromatic rings. The second kappa shape index (κ2) is 9.80. The largest absolute Gasteiger partial charge is 0.481 e. The van der Waals surface area contributed by atoms with Gasteiger partial charge >= 0.3 is 5.97 Å². The first-order valence-electron chi connectivity index (χ1n) is 8.14. The van der Waals surface area contributed by atoms with Crippen LogP contribution in [0.3, 0.4) is 0 Å². The number of aliphatic carboxylic acids is 1. The first-order chi connectivity index (χ1) is 13.3. The molecular formula is C16H19N5O5S2. The molecule has 0 aliphatic carbocycles. The van der Waals surface area contributed by atoms with Gasteiger partial charge in [0.15, 0.2) is 5.13 Å². The molecule has 1 aromatic carbocycles. The number of thiazole rings is 1. The molecule has 12 heteroatoms. The van der Waals surface area contributed by atoms with Crippen LogP contribution in [-0.2, 0) is 19.6 Å². The average Bonchev–Trinajstić information content (AvgIpc) is 3.13. The smallest absolute Gasteiger partial charge is 0.303 e. The molecule has 0 saturated carbocycles. The summed E-state index contributed by atoms with van der Waals surface area (Å²) in [5.74, 6) is -1.62. The molecule has 1 aromatic heterocycles. The minimum Gasteiger partial charge on any atom is -0.481 e. The molecule has 5 N–H and O–H groups in total. The van der Waals surface area contributed by atoms with Crippen molar-refractivity contribution in [2.45, 2.75) is 30.6 Å². The van der Waals surface area contributed by atoms with Crippen LogP contribution in [0.5, 0.6) is 0 Å². The van der Waals surface area contributed by atoms with E-state index in [0.717, 1.165) is 11.3 Å². The number of carbonyl (C=O) groups excluding carboxylic acids is 1. The molecule has 0 atom stereocenters. The second-order valence-corrected chi connectivity index (χ2v) is 8.18. The van der Waals surface area contributed by atoms with Crippen LogP contribution in [0, 0.1) is 0 Å². The molecule has 2 rings (SSSR count). The number of unbranched alkanes of at least 4 members (excludes halogenated alkanes) is 1. The second-order valence-electron chi connectivity index (χ2n) is 5.60. The van der Waals surface area contributed by atoms with Gasteiger partial charge in [-0.25, -0.2) is 13.4 Å².